The lowest BCUT2D eigenvalue weighted by Crippen LogP contribution is -2.04. The first-order valence-electron chi connectivity index (χ1n) is 5.61. The Morgan fingerprint density at radius 2 is 2.06 bits per heavy atom. The zero-order valence-electron chi connectivity index (χ0n) is 10.0. The molecule has 0 unspecified atom stereocenters. The van der Waals surface area contributed by atoms with E-state index >= 15 is 0 Å². The minimum absolute atomic E-state index is 0.325. The fourth-order valence-electron chi connectivity index (χ4n) is 2.05. The van der Waals surface area contributed by atoms with Crippen molar-refractivity contribution in [3.05, 3.63) is 33.8 Å². The van der Waals surface area contributed by atoms with Crippen molar-refractivity contribution in [2.24, 2.45) is 0 Å². The molecule has 0 N–H and O–H groups in total. The number of halogens is 1. The lowest BCUT2D eigenvalue weighted by atomic mass is 9.95. The van der Waals surface area contributed by atoms with Crippen LogP contribution < -0.4 is 4.74 Å². The summed E-state index contributed by atoms with van der Waals surface area (Å²) in [4.78, 5) is 0. The molecule has 86 valence electrons. The van der Waals surface area contributed by atoms with Crippen LogP contribution in [0.5, 0.6) is 5.75 Å². The summed E-state index contributed by atoms with van der Waals surface area (Å²) >= 11 is 3.58. The zero-order valence-corrected chi connectivity index (χ0v) is 11.6. The second kappa shape index (κ2) is 4.25. The molecule has 0 bridgehead atoms. The molecule has 1 nitrogen and oxygen atoms in total. The molecule has 1 fully saturated rings. The predicted molar refractivity (Wildman–Crippen MR) is 72.0 cm³/mol. The number of hydrogen-bond acceptors (Lipinski definition) is 1. The van der Waals surface area contributed by atoms with Crippen LogP contribution in [-0.2, 0) is 5.41 Å². The van der Waals surface area contributed by atoms with E-state index in [1.54, 1.807) is 7.11 Å². The fraction of sp³-hybridized carbons (Fsp3) is 0.429. The summed E-state index contributed by atoms with van der Waals surface area (Å²) in [7, 11) is 1.76. The van der Waals surface area contributed by atoms with Gasteiger partial charge in [-0.3, -0.25) is 0 Å². The molecule has 1 aromatic rings. The van der Waals surface area contributed by atoms with E-state index in [0.717, 1.165) is 15.8 Å². The molecule has 2 heteroatoms. The van der Waals surface area contributed by atoms with E-state index in [1.807, 2.05) is 13.0 Å². The van der Waals surface area contributed by atoms with Gasteiger partial charge in [0.1, 0.15) is 5.75 Å². The van der Waals surface area contributed by atoms with Gasteiger partial charge in [-0.1, -0.05) is 35.0 Å². The highest BCUT2D eigenvalue weighted by molar-refractivity contribution is 9.10. The molecule has 0 aliphatic heterocycles. The summed E-state index contributed by atoms with van der Waals surface area (Å²) in [5.74, 6) is 1.03. The minimum Gasteiger partial charge on any atom is -0.496 e. The normalized spacial score (nSPS) is 17.8. The van der Waals surface area contributed by atoms with Gasteiger partial charge in [0, 0.05) is 15.6 Å². The average molecular weight is 281 g/mol. The van der Waals surface area contributed by atoms with Crippen molar-refractivity contribution in [2.75, 3.05) is 7.11 Å². The largest absolute Gasteiger partial charge is 0.496 e. The molecule has 0 heterocycles. The average Bonchev–Trinajstić information content (AvgIpc) is 2.98. The summed E-state index contributed by atoms with van der Waals surface area (Å²) in [6.07, 6.45) is 6.66. The molecule has 1 aliphatic rings. The molecule has 2 rings (SSSR count). The number of benzene rings is 1. The van der Waals surface area contributed by atoms with Crippen molar-refractivity contribution in [1.29, 1.82) is 0 Å². The molecular weight excluding hydrogens is 264 g/mol. The number of methoxy groups -OCH3 is 1. The third kappa shape index (κ3) is 2.03. The van der Waals surface area contributed by atoms with Crippen molar-refractivity contribution >= 4 is 22.0 Å². The van der Waals surface area contributed by atoms with Crippen LogP contribution in [0.4, 0.5) is 0 Å². The molecule has 0 saturated heterocycles. The maximum Gasteiger partial charge on any atom is 0.129 e. The second-order valence-electron chi connectivity index (χ2n) is 4.64. The quantitative estimate of drug-likeness (QED) is 0.790. The number of rotatable bonds is 3. The van der Waals surface area contributed by atoms with E-state index in [1.165, 1.54) is 18.4 Å². The number of ether oxygens (including phenoxy) is 1. The maximum absolute atomic E-state index is 5.58. The van der Waals surface area contributed by atoms with E-state index in [4.69, 9.17) is 4.74 Å². The summed E-state index contributed by atoms with van der Waals surface area (Å²) in [5.41, 5.74) is 2.81. The summed E-state index contributed by atoms with van der Waals surface area (Å²) in [6, 6.07) is 4.30. The lowest BCUT2D eigenvalue weighted by molar-refractivity contribution is 0.404. The molecule has 1 aliphatic carbocycles. The van der Waals surface area contributed by atoms with Crippen molar-refractivity contribution in [2.45, 2.75) is 32.1 Å². The molecule has 1 aromatic carbocycles. The highest BCUT2D eigenvalue weighted by Crippen LogP contribution is 2.52. The van der Waals surface area contributed by atoms with Gasteiger partial charge < -0.3 is 4.74 Å². The molecule has 0 atom stereocenters. The SMILES string of the molecule is CC=Cc1cc(Br)cc(C2(C)CC2)c1OC. The van der Waals surface area contributed by atoms with Crippen LogP contribution in [0.25, 0.3) is 6.08 Å². The summed E-state index contributed by atoms with van der Waals surface area (Å²) in [6.45, 7) is 4.33. The Kier molecular flexibility index (Phi) is 3.11. The number of hydrogen-bond donors (Lipinski definition) is 0. The first kappa shape index (κ1) is 11.7. The van der Waals surface area contributed by atoms with Crippen LogP contribution in [0.1, 0.15) is 37.8 Å². The van der Waals surface area contributed by atoms with Crippen molar-refractivity contribution in [3.8, 4) is 5.75 Å². The van der Waals surface area contributed by atoms with Gasteiger partial charge in [0.2, 0.25) is 0 Å². The third-order valence-electron chi connectivity index (χ3n) is 3.28. The Hall–Kier alpha value is -0.760. The van der Waals surface area contributed by atoms with Gasteiger partial charge in [-0.2, -0.15) is 0 Å². The van der Waals surface area contributed by atoms with Gasteiger partial charge in [0.15, 0.2) is 0 Å². The predicted octanol–water partition coefficient (Wildman–Crippen LogP) is 4.54. The van der Waals surface area contributed by atoms with Gasteiger partial charge in [0.05, 0.1) is 7.11 Å². The zero-order chi connectivity index (χ0) is 11.8. The van der Waals surface area contributed by atoms with E-state index in [0.29, 0.717) is 5.41 Å². The van der Waals surface area contributed by atoms with Gasteiger partial charge in [-0.05, 0) is 37.3 Å². The van der Waals surface area contributed by atoms with Gasteiger partial charge in [-0.25, -0.2) is 0 Å². The molecule has 16 heavy (non-hydrogen) atoms. The van der Waals surface area contributed by atoms with Crippen LogP contribution in [0.15, 0.2) is 22.7 Å². The highest BCUT2D eigenvalue weighted by atomic mass is 79.9. The van der Waals surface area contributed by atoms with Crippen LogP contribution in [-0.4, -0.2) is 7.11 Å². The monoisotopic (exact) mass is 280 g/mol. The Labute approximate surface area is 106 Å². The third-order valence-corrected chi connectivity index (χ3v) is 3.74. The fourth-order valence-corrected chi connectivity index (χ4v) is 2.53. The smallest absolute Gasteiger partial charge is 0.129 e. The van der Waals surface area contributed by atoms with E-state index in [2.05, 4.69) is 41.1 Å². The minimum atomic E-state index is 0.325. The lowest BCUT2D eigenvalue weighted by Gasteiger charge is -2.17. The van der Waals surface area contributed by atoms with Crippen molar-refractivity contribution in [1.82, 2.24) is 0 Å². The summed E-state index contributed by atoms with van der Waals surface area (Å²) < 4.78 is 6.71. The standard InChI is InChI=1S/C14H17BrO/c1-4-5-10-8-11(15)9-12(13(10)16-3)14(2)6-7-14/h4-5,8-9H,6-7H2,1-3H3. The molecule has 0 amide bonds. The van der Waals surface area contributed by atoms with Crippen LogP contribution in [0, 0.1) is 0 Å². The molecule has 0 spiro atoms. The second-order valence-corrected chi connectivity index (χ2v) is 5.55. The van der Waals surface area contributed by atoms with Crippen molar-refractivity contribution in [3.63, 3.8) is 0 Å². The maximum atomic E-state index is 5.58. The van der Waals surface area contributed by atoms with Crippen LogP contribution in [0.3, 0.4) is 0 Å². The first-order chi connectivity index (χ1) is 7.60. The molecule has 0 radical (unpaired) electrons. The Morgan fingerprint density at radius 1 is 1.38 bits per heavy atom. The van der Waals surface area contributed by atoms with Gasteiger partial charge >= 0.3 is 0 Å². The highest BCUT2D eigenvalue weighted by Gasteiger charge is 2.41. The Bertz CT molecular complexity index is 431. The van der Waals surface area contributed by atoms with Crippen LogP contribution >= 0.6 is 15.9 Å². The Balaban J connectivity index is 2.58. The van der Waals surface area contributed by atoms with Gasteiger partial charge in [0.25, 0.3) is 0 Å². The molecular formula is C14H17BrO. The number of allylic oxidation sites excluding steroid dienone is 1. The van der Waals surface area contributed by atoms with E-state index in [9.17, 15) is 0 Å². The molecule has 0 aromatic heterocycles. The van der Waals surface area contributed by atoms with Gasteiger partial charge in [-0.15, -0.1) is 0 Å². The van der Waals surface area contributed by atoms with Crippen molar-refractivity contribution < 1.29 is 4.74 Å². The molecule has 1 saturated carbocycles. The van der Waals surface area contributed by atoms with E-state index < -0.39 is 0 Å². The Morgan fingerprint density at radius 3 is 2.56 bits per heavy atom. The topological polar surface area (TPSA) is 9.23 Å². The van der Waals surface area contributed by atoms with Crippen LogP contribution in [0.2, 0.25) is 0 Å². The first-order valence-corrected chi connectivity index (χ1v) is 6.41. The summed E-state index contributed by atoms with van der Waals surface area (Å²) in [5, 5.41) is 0. The van der Waals surface area contributed by atoms with E-state index in [-0.39, 0.29) is 0 Å².